The Kier molecular flexibility index (Phi) is 5.31. The van der Waals surface area contributed by atoms with E-state index in [0.717, 1.165) is 11.3 Å². The second-order valence-electron chi connectivity index (χ2n) is 5.32. The van der Waals surface area contributed by atoms with E-state index >= 15 is 0 Å². The van der Waals surface area contributed by atoms with Gasteiger partial charge < -0.3 is 10.2 Å². The molecule has 0 unspecified atom stereocenters. The molecule has 0 fully saturated rings. The van der Waals surface area contributed by atoms with E-state index < -0.39 is 0 Å². The molecule has 0 saturated carbocycles. The molecule has 0 aromatic heterocycles. The number of amides is 2. The summed E-state index contributed by atoms with van der Waals surface area (Å²) in [6, 6.07) is 16.9. The van der Waals surface area contributed by atoms with Crippen LogP contribution in [0.4, 0.5) is 11.4 Å². The second-order valence-corrected chi connectivity index (χ2v) is 5.32. The Hall–Kier alpha value is -2.88. The van der Waals surface area contributed by atoms with Crippen molar-refractivity contribution in [3.8, 4) is 0 Å². The molecule has 0 bridgehead atoms. The van der Waals surface area contributed by atoms with E-state index in [-0.39, 0.29) is 11.8 Å². The van der Waals surface area contributed by atoms with Crippen LogP contribution in [0.1, 0.15) is 19.4 Å². The smallest absolute Gasteiger partial charge is 0.251 e. The maximum Gasteiger partial charge on any atom is 0.251 e. The lowest BCUT2D eigenvalue weighted by Crippen LogP contribution is -2.22. The molecular weight excluding hydrogens is 288 g/mol. The maximum atomic E-state index is 12.2. The quantitative estimate of drug-likeness (QED) is 0.875. The molecule has 2 amide bonds. The van der Waals surface area contributed by atoms with Crippen LogP contribution in [0, 0.1) is 0 Å². The molecule has 2 aromatic rings. The number of benzene rings is 2. The van der Waals surface area contributed by atoms with Gasteiger partial charge in [-0.15, -0.1) is 0 Å². The molecule has 0 heterocycles. The van der Waals surface area contributed by atoms with Crippen LogP contribution < -0.4 is 10.2 Å². The lowest BCUT2D eigenvalue weighted by atomic mass is 10.1. The summed E-state index contributed by atoms with van der Waals surface area (Å²) in [7, 11) is 1.71. The number of nitrogens with one attached hydrogen (secondary N) is 1. The summed E-state index contributed by atoms with van der Waals surface area (Å²) in [6.07, 6.45) is 1.84. The minimum absolute atomic E-state index is 0.0385. The molecule has 2 aromatic carbocycles. The zero-order valence-corrected chi connectivity index (χ0v) is 13.5. The van der Waals surface area contributed by atoms with Gasteiger partial charge in [-0.2, -0.15) is 0 Å². The van der Waals surface area contributed by atoms with E-state index in [2.05, 4.69) is 5.32 Å². The number of carbonyl (C=O) groups excluding carboxylic acids is 2. The number of hydrogen-bond donors (Lipinski definition) is 1. The van der Waals surface area contributed by atoms with Gasteiger partial charge in [-0.05, 0) is 42.8 Å². The number of nitrogens with zero attached hydrogens (tertiary/aromatic N) is 1. The van der Waals surface area contributed by atoms with Crippen molar-refractivity contribution in [3.05, 3.63) is 65.7 Å². The molecular formula is C19H20N2O2. The van der Waals surface area contributed by atoms with Gasteiger partial charge in [0.15, 0.2) is 0 Å². The highest BCUT2D eigenvalue weighted by atomic mass is 16.2. The lowest BCUT2D eigenvalue weighted by molar-refractivity contribution is -0.116. The zero-order chi connectivity index (χ0) is 16.8. The van der Waals surface area contributed by atoms with Crippen molar-refractivity contribution in [2.75, 3.05) is 17.3 Å². The van der Waals surface area contributed by atoms with Crippen LogP contribution in [0.2, 0.25) is 0 Å². The topological polar surface area (TPSA) is 49.4 Å². The van der Waals surface area contributed by atoms with Gasteiger partial charge in [0.05, 0.1) is 0 Å². The van der Waals surface area contributed by atoms with Crippen molar-refractivity contribution in [2.24, 2.45) is 0 Å². The Morgan fingerprint density at radius 1 is 0.957 bits per heavy atom. The standard InChI is InChI=1S/C19H20N2O2/c1-14(13-16-7-5-4-6-8-16)19(23)20-17-9-11-18(12-10-17)21(3)15(2)22/h4-13H,1-3H3,(H,20,23)/b14-13-. The van der Waals surface area contributed by atoms with Crippen LogP contribution in [0.25, 0.3) is 6.08 Å². The molecule has 0 aliphatic heterocycles. The monoisotopic (exact) mass is 308 g/mol. The molecule has 23 heavy (non-hydrogen) atoms. The minimum Gasteiger partial charge on any atom is -0.322 e. The van der Waals surface area contributed by atoms with Gasteiger partial charge >= 0.3 is 0 Å². The minimum atomic E-state index is -0.151. The average molecular weight is 308 g/mol. The third kappa shape index (κ3) is 4.54. The van der Waals surface area contributed by atoms with Gasteiger partial charge in [0.1, 0.15) is 0 Å². The van der Waals surface area contributed by atoms with Gasteiger partial charge in [0.25, 0.3) is 5.91 Å². The van der Waals surface area contributed by atoms with Crippen molar-refractivity contribution in [1.29, 1.82) is 0 Å². The third-order valence-electron chi connectivity index (χ3n) is 3.53. The van der Waals surface area contributed by atoms with E-state index in [4.69, 9.17) is 0 Å². The second kappa shape index (κ2) is 7.40. The van der Waals surface area contributed by atoms with Crippen LogP contribution in [0.3, 0.4) is 0 Å². The van der Waals surface area contributed by atoms with Crippen molar-refractivity contribution in [2.45, 2.75) is 13.8 Å². The third-order valence-corrected chi connectivity index (χ3v) is 3.53. The molecule has 0 aliphatic rings. The predicted octanol–water partition coefficient (Wildman–Crippen LogP) is 3.71. The van der Waals surface area contributed by atoms with E-state index in [9.17, 15) is 9.59 Å². The van der Waals surface area contributed by atoms with Gasteiger partial charge in [0.2, 0.25) is 5.91 Å². The number of anilines is 2. The summed E-state index contributed by atoms with van der Waals surface area (Å²) < 4.78 is 0. The summed E-state index contributed by atoms with van der Waals surface area (Å²) in [5, 5.41) is 2.85. The highest BCUT2D eigenvalue weighted by Gasteiger charge is 2.07. The van der Waals surface area contributed by atoms with E-state index in [1.807, 2.05) is 36.4 Å². The number of hydrogen-bond acceptors (Lipinski definition) is 2. The van der Waals surface area contributed by atoms with Gasteiger partial charge in [0, 0.05) is 30.9 Å². The molecule has 0 spiro atoms. The van der Waals surface area contributed by atoms with E-state index in [1.165, 1.54) is 6.92 Å². The summed E-state index contributed by atoms with van der Waals surface area (Å²) in [4.78, 5) is 25.1. The van der Waals surface area contributed by atoms with E-state index in [0.29, 0.717) is 11.3 Å². The van der Waals surface area contributed by atoms with Crippen LogP contribution in [-0.2, 0) is 9.59 Å². The fraction of sp³-hybridized carbons (Fsp3) is 0.158. The molecule has 0 atom stereocenters. The SMILES string of the molecule is CC(=O)N(C)c1ccc(NC(=O)/C(C)=C\c2ccccc2)cc1. The normalized spacial score (nSPS) is 11.0. The molecule has 4 nitrogen and oxygen atoms in total. The molecule has 118 valence electrons. The zero-order valence-electron chi connectivity index (χ0n) is 13.5. The fourth-order valence-electron chi connectivity index (χ4n) is 2.04. The van der Waals surface area contributed by atoms with Gasteiger partial charge in [-0.25, -0.2) is 0 Å². The Morgan fingerprint density at radius 3 is 2.13 bits per heavy atom. The largest absolute Gasteiger partial charge is 0.322 e. The Balaban J connectivity index is 2.05. The predicted molar refractivity (Wildman–Crippen MR) is 94.2 cm³/mol. The Labute approximate surface area is 136 Å². The Morgan fingerprint density at radius 2 is 1.57 bits per heavy atom. The number of rotatable bonds is 4. The van der Waals surface area contributed by atoms with Crippen molar-refractivity contribution in [1.82, 2.24) is 0 Å². The summed E-state index contributed by atoms with van der Waals surface area (Å²) in [5.74, 6) is -0.190. The molecule has 1 N–H and O–H groups in total. The first-order valence-corrected chi connectivity index (χ1v) is 7.36. The molecule has 4 heteroatoms. The van der Waals surface area contributed by atoms with E-state index in [1.54, 1.807) is 43.1 Å². The molecule has 0 saturated heterocycles. The lowest BCUT2D eigenvalue weighted by Gasteiger charge is -2.15. The van der Waals surface area contributed by atoms with Crippen molar-refractivity contribution < 1.29 is 9.59 Å². The highest BCUT2D eigenvalue weighted by molar-refractivity contribution is 6.06. The first-order valence-electron chi connectivity index (χ1n) is 7.36. The first-order chi connectivity index (χ1) is 11.0. The van der Waals surface area contributed by atoms with Crippen LogP contribution in [0.15, 0.2) is 60.2 Å². The molecule has 0 aliphatic carbocycles. The van der Waals surface area contributed by atoms with Gasteiger partial charge in [-0.3, -0.25) is 9.59 Å². The molecule has 2 rings (SSSR count). The summed E-state index contributed by atoms with van der Waals surface area (Å²) in [5.41, 5.74) is 3.09. The van der Waals surface area contributed by atoms with Crippen LogP contribution in [0.5, 0.6) is 0 Å². The Bertz CT molecular complexity index is 719. The van der Waals surface area contributed by atoms with Crippen LogP contribution in [-0.4, -0.2) is 18.9 Å². The summed E-state index contributed by atoms with van der Waals surface area (Å²) >= 11 is 0. The first kappa shape index (κ1) is 16.5. The summed E-state index contributed by atoms with van der Waals surface area (Å²) in [6.45, 7) is 3.29. The van der Waals surface area contributed by atoms with Crippen molar-refractivity contribution in [3.63, 3.8) is 0 Å². The average Bonchev–Trinajstić information content (AvgIpc) is 2.55. The van der Waals surface area contributed by atoms with Crippen molar-refractivity contribution >= 4 is 29.3 Å². The van der Waals surface area contributed by atoms with Gasteiger partial charge in [-0.1, -0.05) is 30.3 Å². The molecule has 0 radical (unpaired) electrons. The van der Waals surface area contributed by atoms with Crippen LogP contribution >= 0.6 is 0 Å². The highest BCUT2D eigenvalue weighted by Crippen LogP contribution is 2.18. The number of carbonyl (C=O) groups is 2. The fourth-order valence-corrected chi connectivity index (χ4v) is 2.04. The maximum absolute atomic E-state index is 12.2.